The summed E-state index contributed by atoms with van der Waals surface area (Å²) >= 11 is 0. The third kappa shape index (κ3) is 4.22. The van der Waals surface area contributed by atoms with Crippen LogP contribution in [0.25, 0.3) is 0 Å². The summed E-state index contributed by atoms with van der Waals surface area (Å²) in [5.41, 5.74) is 0.0150. The average molecular weight is 363 g/mol. The highest BCUT2D eigenvalue weighted by atomic mass is 19.2. The molecule has 1 fully saturated rings. The molecule has 7 nitrogen and oxygen atoms in total. The Balaban J connectivity index is 1.72. The van der Waals surface area contributed by atoms with Gasteiger partial charge in [-0.1, -0.05) is 0 Å². The van der Waals surface area contributed by atoms with Crippen molar-refractivity contribution < 1.29 is 18.3 Å². The Morgan fingerprint density at radius 1 is 1.15 bits per heavy atom. The van der Waals surface area contributed by atoms with E-state index < -0.39 is 17.5 Å². The lowest BCUT2D eigenvalue weighted by molar-refractivity contribution is 0.0949. The van der Waals surface area contributed by atoms with Crippen LogP contribution in [0.2, 0.25) is 0 Å². The molecule has 3 rings (SSSR count). The molecule has 0 bridgehead atoms. The van der Waals surface area contributed by atoms with Crippen molar-refractivity contribution in [3.63, 3.8) is 0 Å². The Kier molecular flexibility index (Phi) is 5.55. The van der Waals surface area contributed by atoms with Crippen LogP contribution < -0.4 is 15.0 Å². The predicted octanol–water partition coefficient (Wildman–Crippen LogP) is 2.08. The fraction of sp³-hybridized carbons (Fsp3) is 0.412. The van der Waals surface area contributed by atoms with Crippen molar-refractivity contribution in [2.24, 2.45) is 0 Å². The van der Waals surface area contributed by atoms with Crippen LogP contribution in [0.1, 0.15) is 35.4 Å². The maximum absolute atomic E-state index is 13.3. The van der Waals surface area contributed by atoms with Crippen molar-refractivity contribution >= 4 is 11.9 Å². The highest BCUT2D eigenvalue weighted by Crippen LogP contribution is 2.17. The largest absolute Gasteiger partial charge is 0.467 e. The van der Waals surface area contributed by atoms with Crippen LogP contribution in [0.15, 0.2) is 18.2 Å². The van der Waals surface area contributed by atoms with E-state index in [1.165, 1.54) is 19.6 Å². The van der Waals surface area contributed by atoms with E-state index in [0.29, 0.717) is 11.8 Å². The Bertz CT molecular complexity index is 797. The van der Waals surface area contributed by atoms with Crippen LogP contribution in [0.3, 0.4) is 0 Å². The zero-order valence-corrected chi connectivity index (χ0v) is 14.3. The molecule has 0 atom stereocenters. The van der Waals surface area contributed by atoms with E-state index in [4.69, 9.17) is 4.74 Å². The molecule has 0 aliphatic carbocycles. The molecule has 1 amide bonds. The zero-order chi connectivity index (χ0) is 18.5. The van der Waals surface area contributed by atoms with Crippen LogP contribution in [0.5, 0.6) is 6.01 Å². The van der Waals surface area contributed by atoms with Gasteiger partial charge >= 0.3 is 6.01 Å². The summed E-state index contributed by atoms with van der Waals surface area (Å²) in [6, 6.07) is 3.13. The molecular weight excluding hydrogens is 344 g/mol. The van der Waals surface area contributed by atoms with Crippen molar-refractivity contribution in [3.05, 3.63) is 41.2 Å². The summed E-state index contributed by atoms with van der Waals surface area (Å²) in [5, 5.41) is 2.59. The summed E-state index contributed by atoms with van der Waals surface area (Å²) in [4.78, 5) is 26.9. The number of carbonyl (C=O) groups excluding carboxylic acids is 1. The molecule has 26 heavy (non-hydrogen) atoms. The number of benzene rings is 1. The second-order valence-corrected chi connectivity index (χ2v) is 5.90. The number of piperidine rings is 1. The van der Waals surface area contributed by atoms with E-state index >= 15 is 0 Å². The van der Waals surface area contributed by atoms with Gasteiger partial charge in [0.15, 0.2) is 17.5 Å². The molecule has 9 heteroatoms. The van der Waals surface area contributed by atoms with Crippen LogP contribution in [0, 0.1) is 11.6 Å². The monoisotopic (exact) mass is 363 g/mol. The summed E-state index contributed by atoms with van der Waals surface area (Å²) in [5.74, 6) is -1.80. The number of anilines is 1. The Labute approximate surface area is 149 Å². The van der Waals surface area contributed by atoms with Gasteiger partial charge in [-0.05, 0) is 37.5 Å². The Morgan fingerprint density at radius 2 is 1.92 bits per heavy atom. The van der Waals surface area contributed by atoms with Gasteiger partial charge < -0.3 is 15.0 Å². The molecule has 0 radical (unpaired) electrons. The number of ether oxygens (including phenoxy) is 1. The molecule has 1 aliphatic rings. The fourth-order valence-corrected chi connectivity index (χ4v) is 2.69. The number of hydrogen-bond donors (Lipinski definition) is 1. The zero-order valence-electron chi connectivity index (χ0n) is 14.3. The molecule has 1 aromatic carbocycles. The van der Waals surface area contributed by atoms with E-state index in [1.54, 1.807) is 0 Å². The number of amides is 1. The summed E-state index contributed by atoms with van der Waals surface area (Å²) in [6.07, 6.45) is 3.31. The van der Waals surface area contributed by atoms with Gasteiger partial charge in [0.05, 0.1) is 13.7 Å². The number of rotatable bonds is 5. The first-order chi connectivity index (χ1) is 12.6. The third-order valence-corrected chi connectivity index (χ3v) is 4.06. The van der Waals surface area contributed by atoms with E-state index in [9.17, 15) is 13.6 Å². The highest BCUT2D eigenvalue weighted by Gasteiger charge is 2.17. The van der Waals surface area contributed by atoms with Gasteiger partial charge in [-0.3, -0.25) is 4.79 Å². The van der Waals surface area contributed by atoms with Crippen molar-refractivity contribution in [2.75, 3.05) is 25.1 Å². The number of nitrogens with one attached hydrogen (secondary N) is 1. The Morgan fingerprint density at radius 3 is 2.62 bits per heavy atom. The SMILES string of the molecule is COc1nc(CNC(=O)c2ccc(F)c(F)c2)nc(N2CCCCC2)n1. The van der Waals surface area contributed by atoms with E-state index in [1.807, 2.05) is 4.90 Å². The minimum absolute atomic E-state index is 0.0115. The maximum Gasteiger partial charge on any atom is 0.321 e. The van der Waals surface area contributed by atoms with Crippen molar-refractivity contribution in [2.45, 2.75) is 25.8 Å². The van der Waals surface area contributed by atoms with Crippen molar-refractivity contribution in [1.29, 1.82) is 0 Å². The first-order valence-electron chi connectivity index (χ1n) is 8.34. The molecule has 0 saturated carbocycles. The second kappa shape index (κ2) is 8.03. The molecule has 1 N–H and O–H groups in total. The summed E-state index contributed by atoms with van der Waals surface area (Å²) < 4.78 is 31.3. The first kappa shape index (κ1) is 18.0. The predicted molar refractivity (Wildman–Crippen MR) is 90.0 cm³/mol. The number of halogens is 2. The number of carbonyl (C=O) groups is 1. The maximum atomic E-state index is 13.3. The van der Waals surface area contributed by atoms with Gasteiger partial charge in [0, 0.05) is 18.7 Å². The minimum Gasteiger partial charge on any atom is -0.467 e. The third-order valence-electron chi connectivity index (χ3n) is 4.06. The molecule has 138 valence electrons. The van der Waals surface area contributed by atoms with Gasteiger partial charge in [-0.2, -0.15) is 15.0 Å². The van der Waals surface area contributed by atoms with Crippen LogP contribution in [0.4, 0.5) is 14.7 Å². The molecule has 0 unspecified atom stereocenters. The molecule has 0 spiro atoms. The van der Waals surface area contributed by atoms with Crippen LogP contribution in [-0.4, -0.2) is 41.1 Å². The van der Waals surface area contributed by atoms with Gasteiger partial charge in [0.1, 0.15) is 0 Å². The topological polar surface area (TPSA) is 80.2 Å². The lowest BCUT2D eigenvalue weighted by Crippen LogP contribution is -2.32. The van der Waals surface area contributed by atoms with E-state index in [2.05, 4.69) is 20.3 Å². The normalized spacial score (nSPS) is 14.2. The number of nitrogens with zero attached hydrogens (tertiary/aromatic N) is 4. The van der Waals surface area contributed by atoms with E-state index in [0.717, 1.165) is 38.1 Å². The van der Waals surface area contributed by atoms with Gasteiger partial charge in [0.25, 0.3) is 5.91 Å². The first-order valence-corrected chi connectivity index (χ1v) is 8.34. The lowest BCUT2D eigenvalue weighted by atomic mass is 10.1. The highest BCUT2D eigenvalue weighted by molar-refractivity contribution is 5.94. The standard InChI is InChI=1S/C17H19F2N5O2/c1-26-17-22-14(21-16(23-17)24-7-3-2-4-8-24)10-20-15(25)11-5-6-12(18)13(19)9-11/h5-6,9H,2-4,7-8,10H2,1H3,(H,20,25). The van der Waals surface area contributed by atoms with Gasteiger partial charge in [-0.25, -0.2) is 8.78 Å². The molecule has 1 saturated heterocycles. The van der Waals surface area contributed by atoms with Crippen molar-refractivity contribution in [3.8, 4) is 6.01 Å². The summed E-state index contributed by atoms with van der Waals surface area (Å²) in [6.45, 7) is 1.72. The fourth-order valence-electron chi connectivity index (χ4n) is 2.69. The molecule has 2 aromatic rings. The van der Waals surface area contributed by atoms with Gasteiger partial charge in [-0.15, -0.1) is 0 Å². The quantitative estimate of drug-likeness (QED) is 0.876. The smallest absolute Gasteiger partial charge is 0.321 e. The van der Waals surface area contributed by atoms with Crippen LogP contribution in [-0.2, 0) is 6.54 Å². The van der Waals surface area contributed by atoms with Gasteiger partial charge in [0.2, 0.25) is 5.95 Å². The molecule has 1 aromatic heterocycles. The Hall–Kier alpha value is -2.84. The molecular formula is C17H19F2N5O2. The summed E-state index contributed by atoms with van der Waals surface area (Å²) in [7, 11) is 1.46. The minimum atomic E-state index is -1.08. The number of methoxy groups -OCH3 is 1. The molecule has 2 heterocycles. The number of hydrogen-bond acceptors (Lipinski definition) is 6. The van der Waals surface area contributed by atoms with E-state index in [-0.39, 0.29) is 18.1 Å². The van der Waals surface area contributed by atoms with Crippen molar-refractivity contribution in [1.82, 2.24) is 20.3 Å². The average Bonchev–Trinajstić information content (AvgIpc) is 2.68. The number of aromatic nitrogens is 3. The lowest BCUT2D eigenvalue weighted by Gasteiger charge is -2.26. The molecule has 1 aliphatic heterocycles. The van der Waals surface area contributed by atoms with Crippen LogP contribution >= 0.6 is 0 Å². The second-order valence-electron chi connectivity index (χ2n) is 5.90.